The Labute approximate surface area is 183 Å². The van der Waals surface area contributed by atoms with Gasteiger partial charge < -0.3 is 19.7 Å². The fourth-order valence-electron chi connectivity index (χ4n) is 4.23. The molecule has 6 nitrogen and oxygen atoms in total. The standard InChI is InChI=1S/C25H29N3O3/c1-16-10-17(2)12-18(11-16)26-20-14-22(25(29)28-8-6-5-7-9-28)27-21-15-24(31-4)23(30-3)13-19(20)21/h10-15H,5-9H2,1-4H3,(H,26,27). The van der Waals surface area contributed by atoms with Crippen LogP contribution >= 0.6 is 0 Å². The van der Waals surface area contributed by atoms with Crippen molar-refractivity contribution in [2.45, 2.75) is 33.1 Å². The number of piperidine rings is 1. The summed E-state index contributed by atoms with van der Waals surface area (Å²) in [5, 5.41) is 4.38. The van der Waals surface area contributed by atoms with Crippen LogP contribution in [0.4, 0.5) is 11.4 Å². The van der Waals surface area contributed by atoms with E-state index in [4.69, 9.17) is 14.5 Å². The minimum absolute atomic E-state index is 0.0279. The average molecular weight is 420 g/mol. The third kappa shape index (κ3) is 4.43. The van der Waals surface area contributed by atoms with Crippen molar-refractivity contribution < 1.29 is 14.3 Å². The highest BCUT2D eigenvalue weighted by Crippen LogP contribution is 2.36. The van der Waals surface area contributed by atoms with Gasteiger partial charge in [-0.3, -0.25) is 4.79 Å². The lowest BCUT2D eigenvalue weighted by atomic mass is 10.1. The van der Waals surface area contributed by atoms with Crippen LogP contribution in [0.2, 0.25) is 0 Å². The van der Waals surface area contributed by atoms with Gasteiger partial charge in [0.2, 0.25) is 0 Å². The fourth-order valence-corrected chi connectivity index (χ4v) is 4.23. The third-order valence-corrected chi connectivity index (χ3v) is 5.68. The van der Waals surface area contributed by atoms with E-state index in [1.807, 2.05) is 23.1 Å². The molecule has 1 aliphatic rings. The van der Waals surface area contributed by atoms with Crippen LogP contribution in [0.3, 0.4) is 0 Å². The highest BCUT2D eigenvalue weighted by atomic mass is 16.5. The highest BCUT2D eigenvalue weighted by Gasteiger charge is 2.22. The third-order valence-electron chi connectivity index (χ3n) is 5.68. The lowest BCUT2D eigenvalue weighted by molar-refractivity contribution is 0.0719. The SMILES string of the molecule is COc1cc2nc(C(=O)N3CCCCC3)cc(Nc3cc(C)cc(C)c3)c2cc1OC. The zero-order valence-electron chi connectivity index (χ0n) is 18.6. The number of benzene rings is 2. The number of anilines is 2. The summed E-state index contributed by atoms with van der Waals surface area (Å²) in [6.45, 7) is 5.71. The summed E-state index contributed by atoms with van der Waals surface area (Å²) in [6, 6.07) is 11.9. The van der Waals surface area contributed by atoms with Gasteiger partial charge in [0.1, 0.15) is 5.69 Å². The Balaban J connectivity index is 1.84. The van der Waals surface area contributed by atoms with Crippen LogP contribution < -0.4 is 14.8 Å². The first-order valence-electron chi connectivity index (χ1n) is 10.7. The van der Waals surface area contributed by atoms with Crippen LogP contribution in [0.5, 0.6) is 11.5 Å². The number of aryl methyl sites for hydroxylation is 2. The number of hydrogen-bond acceptors (Lipinski definition) is 5. The molecule has 0 spiro atoms. The van der Waals surface area contributed by atoms with Crippen molar-refractivity contribution in [2.75, 3.05) is 32.6 Å². The Hall–Kier alpha value is -3.28. The van der Waals surface area contributed by atoms with Crippen LogP contribution in [-0.2, 0) is 0 Å². The van der Waals surface area contributed by atoms with Gasteiger partial charge in [-0.15, -0.1) is 0 Å². The average Bonchev–Trinajstić information content (AvgIpc) is 2.77. The molecule has 1 aliphatic heterocycles. The second kappa shape index (κ2) is 8.84. The van der Waals surface area contributed by atoms with Crippen LogP contribution in [0.1, 0.15) is 40.9 Å². The fraction of sp³-hybridized carbons (Fsp3) is 0.360. The summed E-state index contributed by atoms with van der Waals surface area (Å²) < 4.78 is 11.0. The lowest BCUT2D eigenvalue weighted by Gasteiger charge is -2.26. The number of rotatable bonds is 5. The van der Waals surface area contributed by atoms with Gasteiger partial charge in [-0.2, -0.15) is 0 Å². The largest absolute Gasteiger partial charge is 0.493 e. The maximum absolute atomic E-state index is 13.2. The van der Waals surface area contributed by atoms with Crippen molar-refractivity contribution in [3.05, 3.63) is 53.2 Å². The van der Waals surface area contributed by atoms with E-state index < -0.39 is 0 Å². The van der Waals surface area contributed by atoms with Gasteiger partial charge in [0.15, 0.2) is 11.5 Å². The predicted molar refractivity (Wildman–Crippen MR) is 124 cm³/mol. The number of likely N-dealkylation sites (tertiary alicyclic amines) is 1. The number of hydrogen-bond donors (Lipinski definition) is 1. The van der Waals surface area contributed by atoms with Crippen molar-refractivity contribution in [1.82, 2.24) is 9.88 Å². The van der Waals surface area contributed by atoms with E-state index in [9.17, 15) is 4.79 Å². The van der Waals surface area contributed by atoms with Crippen molar-refractivity contribution in [2.24, 2.45) is 0 Å². The number of fused-ring (bicyclic) bond motifs is 1. The summed E-state index contributed by atoms with van der Waals surface area (Å²) in [5.74, 6) is 1.18. The lowest BCUT2D eigenvalue weighted by Crippen LogP contribution is -2.36. The van der Waals surface area contributed by atoms with Crippen LogP contribution in [-0.4, -0.2) is 43.1 Å². The Bertz CT molecular complexity index is 1100. The summed E-state index contributed by atoms with van der Waals surface area (Å²) in [7, 11) is 3.21. The smallest absolute Gasteiger partial charge is 0.272 e. The molecule has 2 aromatic carbocycles. The summed E-state index contributed by atoms with van der Waals surface area (Å²) in [4.78, 5) is 19.8. The molecule has 31 heavy (non-hydrogen) atoms. The van der Waals surface area contributed by atoms with Crippen molar-refractivity contribution in [3.63, 3.8) is 0 Å². The number of aromatic nitrogens is 1. The van der Waals surface area contributed by atoms with Crippen LogP contribution in [0.25, 0.3) is 10.9 Å². The minimum atomic E-state index is -0.0279. The molecule has 0 unspecified atom stereocenters. The number of nitrogens with zero attached hydrogens (tertiary/aromatic N) is 2. The Morgan fingerprint density at radius 3 is 2.19 bits per heavy atom. The molecule has 0 aliphatic carbocycles. The molecule has 1 aromatic heterocycles. The number of nitrogens with one attached hydrogen (secondary N) is 1. The molecule has 1 amide bonds. The number of methoxy groups -OCH3 is 2. The summed E-state index contributed by atoms with van der Waals surface area (Å²) >= 11 is 0. The quantitative estimate of drug-likeness (QED) is 0.613. The second-order valence-corrected chi connectivity index (χ2v) is 8.13. The van der Waals surface area contributed by atoms with E-state index in [0.717, 1.165) is 42.7 Å². The Morgan fingerprint density at radius 2 is 1.55 bits per heavy atom. The van der Waals surface area contributed by atoms with E-state index in [0.29, 0.717) is 22.7 Å². The van der Waals surface area contributed by atoms with E-state index in [1.54, 1.807) is 14.2 Å². The first-order chi connectivity index (χ1) is 15.0. The van der Waals surface area contributed by atoms with E-state index >= 15 is 0 Å². The maximum atomic E-state index is 13.2. The van der Waals surface area contributed by atoms with Crippen molar-refractivity contribution in [3.8, 4) is 11.5 Å². The number of amides is 1. The molecule has 1 saturated heterocycles. The molecule has 4 rings (SSSR count). The number of ether oxygens (including phenoxy) is 2. The first-order valence-corrected chi connectivity index (χ1v) is 10.7. The molecule has 2 heterocycles. The summed E-state index contributed by atoms with van der Waals surface area (Å²) in [5.41, 5.74) is 5.25. The summed E-state index contributed by atoms with van der Waals surface area (Å²) in [6.07, 6.45) is 3.25. The van der Waals surface area contributed by atoms with Gasteiger partial charge in [0.05, 0.1) is 25.4 Å². The molecule has 162 valence electrons. The van der Waals surface area contributed by atoms with Gasteiger partial charge in [0, 0.05) is 30.2 Å². The molecule has 3 aromatic rings. The monoisotopic (exact) mass is 419 g/mol. The maximum Gasteiger partial charge on any atom is 0.272 e. The number of pyridine rings is 1. The minimum Gasteiger partial charge on any atom is -0.493 e. The first kappa shape index (κ1) is 21.0. The van der Waals surface area contributed by atoms with Crippen LogP contribution in [0, 0.1) is 13.8 Å². The van der Waals surface area contributed by atoms with E-state index in [-0.39, 0.29) is 5.91 Å². The van der Waals surface area contributed by atoms with E-state index in [1.165, 1.54) is 17.5 Å². The predicted octanol–water partition coefficient (Wildman–Crippen LogP) is 5.24. The molecule has 6 heteroatoms. The van der Waals surface area contributed by atoms with E-state index in [2.05, 4.69) is 37.4 Å². The van der Waals surface area contributed by atoms with Gasteiger partial charge in [0.25, 0.3) is 5.91 Å². The Kier molecular flexibility index (Phi) is 5.98. The van der Waals surface area contributed by atoms with Gasteiger partial charge >= 0.3 is 0 Å². The van der Waals surface area contributed by atoms with Crippen molar-refractivity contribution in [1.29, 1.82) is 0 Å². The molecular weight excluding hydrogens is 390 g/mol. The van der Waals surface area contributed by atoms with Gasteiger partial charge in [-0.25, -0.2) is 4.98 Å². The molecule has 0 atom stereocenters. The normalized spacial score (nSPS) is 13.9. The molecule has 0 bridgehead atoms. The van der Waals surface area contributed by atoms with Gasteiger partial charge in [-0.05, 0) is 68.5 Å². The zero-order valence-corrected chi connectivity index (χ0v) is 18.6. The van der Waals surface area contributed by atoms with Gasteiger partial charge in [-0.1, -0.05) is 6.07 Å². The Morgan fingerprint density at radius 1 is 0.903 bits per heavy atom. The molecule has 1 fully saturated rings. The zero-order chi connectivity index (χ0) is 22.0. The molecule has 0 radical (unpaired) electrons. The topological polar surface area (TPSA) is 63.7 Å². The molecular formula is C25H29N3O3. The second-order valence-electron chi connectivity index (χ2n) is 8.13. The van der Waals surface area contributed by atoms with Crippen molar-refractivity contribution >= 4 is 28.2 Å². The molecule has 0 saturated carbocycles. The number of carbonyl (C=O) groups is 1. The highest BCUT2D eigenvalue weighted by molar-refractivity contribution is 6.01. The number of carbonyl (C=O) groups excluding carboxylic acids is 1. The molecule has 1 N–H and O–H groups in total. The van der Waals surface area contributed by atoms with Crippen LogP contribution in [0.15, 0.2) is 36.4 Å².